The third-order valence-corrected chi connectivity index (χ3v) is 3.01. The number of hydrogen-bond donors (Lipinski definition) is 2. The molecule has 0 atom stereocenters. The largest absolute Gasteiger partial charge is 0.486 e. The van der Waals surface area contributed by atoms with Gasteiger partial charge in [0.1, 0.15) is 23.9 Å². The predicted octanol–water partition coefficient (Wildman–Crippen LogP) is 2.53. The van der Waals surface area contributed by atoms with Gasteiger partial charge >= 0.3 is 0 Å². The lowest BCUT2D eigenvalue weighted by Crippen LogP contribution is -2.30. The number of carbonyl (C=O) groups is 1. The summed E-state index contributed by atoms with van der Waals surface area (Å²) in [7, 11) is 0. The molecular formula is C13H13BrN2O3. The summed E-state index contributed by atoms with van der Waals surface area (Å²) < 4.78 is 11.9. The number of ether oxygens (including phenoxy) is 1. The number of benzene rings is 1. The third-order valence-electron chi connectivity index (χ3n) is 2.52. The number of carbonyl (C=O) groups excluding carboxylic acids is 1. The van der Waals surface area contributed by atoms with Crippen LogP contribution in [0.15, 0.2) is 39.2 Å². The molecule has 3 N–H and O–H groups in total. The van der Waals surface area contributed by atoms with E-state index in [1.807, 2.05) is 24.3 Å². The molecule has 0 bridgehead atoms. The Morgan fingerprint density at radius 3 is 2.95 bits per heavy atom. The van der Waals surface area contributed by atoms with E-state index in [9.17, 15) is 4.79 Å². The smallest absolute Gasteiger partial charge is 0.268 e. The lowest BCUT2D eigenvalue weighted by molar-refractivity contribution is 0.0952. The lowest BCUT2D eigenvalue weighted by atomic mass is 10.2. The number of amides is 1. The van der Waals surface area contributed by atoms with Gasteiger partial charge in [-0.2, -0.15) is 0 Å². The van der Waals surface area contributed by atoms with Gasteiger partial charge in [0.25, 0.3) is 5.91 Å². The van der Waals surface area contributed by atoms with Crippen LogP contribution in [-0.2, 0) is 6.61 Å². The van der Waals surface area contributed by atoms with E-state index in [4.69, 9.17) is 15.0 Å². The van der Waals surface area contributed by atoms with Crippen LogP contribution in [0.5, 0.6) is 5.75 Å². The van der Waals surface area contributed by atoms with Crippen LogP contribution in [0.1, 0.15) is 21.9 Å². The van der Waals surface area contributed by atoms with Crippen LogP contribution >= 0.6 is 15.9 Å². The molecule has 1 heterocycles. The quantitative estimate of drug-likeness (QED) is 0.514. The van der Waals surface area contributed by atoms with Gasteiger partial charge in [0.2, 0.25) is 0 Å². The molecule has 5 nitrogen and oxygen atoms in total. The van der Waals surface area contributed by atoms with Crippen molar-refractivity contribution in [2.75, 3.05) is 0 Å². The van der Waals surface area contributed by atoms with E-state index in [0.29, 0.717) is 22.8 Å². The van der Waals surface area contributed by atoms with Crippen LogP contribution in [0.3, 0.4) is 0 Å². The van der Waals surface area contributed by atoms with Crippen molar-refractivity contribution in [2.45, 2.75) is 13.5 Å². The second kappa shape index (κ2) is 5.90. The molecule has 1 aromatic heterocycles. The highest BCUT2D eigenvalue weighted by atomic mass is 79.9. The van der Waals surface area contributed by atoms with Crippen LogP contribution in [0.25, 0.3) is 0 Å². The molecule has 0 unspecified atom stereocenters. The molecule has 0 radical (unpaired) electrons. The second-order valence-corrected chi connectivity index (χ2v) is 4.82. The van der Waals surface area contributed by atoms with E-state index in [1.165, 1.54) is 0 Å². The van der Waals surface area contributed by atoms with Crippen LogP contribution in [-0.4, -0.2) is 5.91 Å². The van der Waals surface area contributed by atoms with Gasteiger partial charge in [-0.25, -0.2) is 5.84 Å². The summed E-state index contributed by atoms with van der Waals surface area (Å²) in [6, 6.07) is 9.10. The molecule has 100 valence electrons. The Hall–Kier alpha value is -1.79. The van der Waals surface area contributed by atoms with Crippen molar-refractivity contribution in [3.05, 3.63) is 51.9 Å². The highest BCUT2D eigenvalue weighted by Gasteiger charge is 2.14. The Morgan fingerprint density at radius 2 is 2.26 bits per heavy atom. The number of hydrazine groups is 1. The fraction of sp³-hybridized carbons (Fsp3) is 0.154. The van der Waals surface area contributed by atoms with Crippen LogP contribution in [0, 0.1) is 6.92 Å². The SMILES string of the molecule is Cc1oc(COc2cccc(Br)c2)cc1C(=O)NN. The molecule has 1 amide bonds. The highest BCUT2D eigenvalue weighted by Crippen LogP contribution is 2.20. The van der Waals surface area contributed by atoms with E-state index in [1.54, 1.807) is 13.0 Å². The average molecular weight is 325 g/mol. The first-order chi connectivity index (χ1) is 9.10. The molecule has 2 rings (SSSR count). The Labute approximate surface area is 118 Å². The third kappa shape index (κ3) is 3.36. The topological polar surface area (TPSA) is 77.5 Å². The summed E-state index contributed by atoms with van der Waals surface area (Å²) in [5.41, 5.74) is 2.48. The Balaban J connectivity index is 2.06. The number of rotatable bonds is 4. The molecule has 0 spiro atoms. The van der Waals surface area contributed by atoms with Crippen molar-refractivity contribution in [1.29, 1.82) is 0 Å². The number of hydrogen-bond acceptors (Lipinski definition) is 4. The average Bonchev–Trinajstić information content (AvgIpc) is 2.77. The monoisotopic (exact) mass is 324 g/mol. The Bertz CT molecular complexity index is 595. The zero-order valence-corrected chi connectivity index (χ0v) is 11.9. The molecule has 0 aliphatic rings. The normalized spacial score (nSPS) is 10.3. The van der Waals surface area contributed by atoms with Gasteiger partial charge in [0.15, 0.2) is 0 Å². The van der Waals surface area contributed by atoms with E-state index in [-0.39, 0.29) is 12.5 Å². The van der Waals surface area contributed by atoms with Crippen LogP contribution in [0.2, 0.25) is 0 Å². The fourth-order valence-electron chi connectivity index (χ4n) is 1.63. The van der Waals surface area contributed by atoms with Gasteiger partial charge in [-0.05, 0) is 31.2 Å². The molecule has 0 saturated heterocycles. The summed E-state index contributed by atoms with van der Waals surface area (Å²) in [6.07, 6.45) is 0. The van der Waals surface area contributed by atoms with E-state index in [0.717, 1.165) is 4.47 Å². The van der Waals surface area contributed by atoms with Crippen molar-refractivity contribution < 1.29 is 13.9 Å². The van der Waals surface area contributed by atoms with E-state index >= 15 is 0 Å². The number of nitrogens with two attached hydrogens (primary N) is 1. The second-order valence-electron chi connectivity index (χ2n) is 3.90. The summed E-state index contributed by atoms with van der Waals surface area (Å²) >= 11 is 3.36. The summed E-state index contributed by atoms with van der Waals surface area (Å²) in [6.45, 7) is 1.95. The van der Waals surface area contributed by atoms with Crippen molar-refractivity contribution in [3.63, 3.8) is 0 Å². The van der Waals surface area contributed by atoms with Gasteiger partial charge in [-0.3, -0.25) is 10.2 Å². The van der Waals surface area contributed by atoms with Crippen molar-refractivity contribution >= 4 is 21.8 Å². The highest BCUT2D eigenvalue weighted by molar-refractivity contribution is 9.10. The number of nitrogen functional groups attached to an aromatic ring is 1. The molecule has 2 aromatic rings. The Kier molecular flexibility index (Phi) is 4.24. The number of halogens is 1. The number of nitrogens with one attached hydrogen (secondary N) is 1. The minimum absolute atomic E-state index is 0.245. The lowest BCUT2D eigenvalue weighted by Gasteiger charge is -2.03. The molecule has 0 aliphatic carbocycles. The van der Waals surface area contributed by atoms with Crippen LogP contribution in [0.4, 0.5) is 0 Å². The molecule has 6 heteroatoms. The zero-order chi connectivity index (χ0) is 13.8. The standard InChI is InChI=1S/C13H13BrN2O3/c1-8-12(13(17)16-15)6-11(19-8)7-18-10-4-2-3-9(14)5-10/h2-6H,7,15H2,1H3,(H,16,17). The summed E-state index contributed by atoms with van der Waals surface area (Å²) in [4.78, 5) is 11.4. The van der Waals surface area contributed by atoms with Gasteiger partial charge in [0, 0.05) is 4.47 Å². The summed E-state index contributed by atoms with van der Waals surface area (Å²) in [5, 5.41) is 0. The number of furan rings is 1. The first kappa shape index (κ1) is 13.6. The molecule has 0 aliphatic heterocycles. The minimum Gasteiger partial charge on any atom is -0.486 e. The molecule has 0 fully saturated rings. The minimum atomic E-state index is -0.380. The maximum absolute atomic E-state index is 11.4. The van der Waals surface area contributed by atoms with Crippen LogP contribution < -0.4 is 16.0 Å². The molecule has 0 saturated carbocycles. The predicted molar refractivity (Wildman–Crippen MR) is 73.6 cm³/mol. The Morgan fingerprint density at radius 1 is 1.47 bits per heavy atom. The van der Waals surface area contributed by atoms with Crippen molar-refractivity contribution in [2.24, 2.45) is 5.84 Å². The maximum Gasteiger partial charge on any atom is 0.268 e. The van der Waals surface area contributed by atoms with Gasteiger partial charge in [0.05, 0.1) is 5.56 Å². The van der Waals surface area contributed by atoms with Gasteiger partial charge < -0.3 is 9.15 Å². The zero-order valence-electron chi connectivity index (χ0n) is 10.3. The van der Waals surface area contributed by atoms with Crippen molar-refractivity contribution in [3.8, 4) is 5.75 Å². The van der Waals surface area contributed by atoms with Gasteiger partial charge in [-0.15, -0.1) is 0 Å². The summed E-state index contributed by atoms with van der Waals surface area (Å²) in [5.74, 6) is 6.50. The number of aryl methyl sites for hydroxylation is 1. The fourth-order valence-corrected chi connectivity index (χ4v) is 2.01. The molecular weight excluding hydrogens is 312 g/mol. The molecule has 19 heavy (non-hydrogen) atoms. The first-order valence-corrected chi connectivity index (χ1v) is 6.38. The molecule has 1 aromatic carbocycles. The maximum atomic E-state index is 11.4. The van der Waals surface area contributed by atoms with Crippen molar-refractivity contribution in [1.82, 2.24) is 5.43 Å². The van der Waals surface area contributed by atoms with E-state index < -0.39 is 0 Å². The van der Waals surface area contributed by atoms with Gasteiger partial charge in [-0.1, -0.05) is 22.0 Å². The van der Waals surface area contributed by atoms with E-state index in [2.05, 4.69) is 21.4 Å². The first-order valence-electron chi connectivity index (χ1n) is 5.59.